The molecule has 2 aliphatic rings. The van der Waals surface area contributed by atoms with Gasteiger partial charge in [-0.25, -0.2) is 4.39 Å². The number of benzene rings is 2. The monoisotopic (exact) mass is 432 g/mol. The number of halogens is 2. The van der Waals surface area contributed by atoms with E-state index in [0.717, 1.165) is 27.5 Å². The van der Waals surface area contributed by atoms with Crippen LogP contribution in [0.1, 0.15) is 43.4 Å². The molecule has 6 heteroatoms. The number of aliphatic hydroxyl groups excluding tert-OH is 2. The Labute approximate surface area is 180 Å². The summed E-state index contributed by atoms with van der Waals surface area (Å²) in [5.41, 5.74) is 1.01. The Bertz CT molecular complexity index is 1010. The van der Waals surface area contributed by atoms with Crippen LogP contribution in [0.25, 0.3) is 10.8 Å². The molecule has 0 amide bonds. The molecule has 1 aliphatic heterocycles. The fourth-order valence-electron chi connectivity index (χ4n) is 4.28. The summed E-state index contributed by atoms with van der Waals surface area (Å²) in [6, 6.07) is 9.69. The van der Waals surface area contributed by atoms with E-state index < -0.39 is 23.6 Å². The molecule has 30 heavy (non-hydrogen) atoms. The zero-order chi connectivity index (χ0) is 21.5. The van der Waals surface area contributed by atoms with Gasteiger partial charge in [0.15, 0.2) is 0 Å². The zero-order valence-electron chi connectivity index (χ0n) is 16.8. The predicted molar refractivity (Wildman–Crippen MR) is 115 cm³/mol. The van der Waals surface area contributed by atoms with Crippen molar-refractivity contribution < 1.29 is 24.4 Å². The van der Waals surface area contributed by atoms with Gasteiger partial charge in [0.05, 0.1) is 29.9 Å². The molecule has 4 rings (SSSR count). The lowest BCUT2D eigenvalue weighted by Crippen LogP contribution is -2.33. The van der Waals surface area contributed by atoms with E-state index in [1.807, 2.05) is 36.4 Å². The minimum absolute atomic E-state index is 0.150. The summed E-state index contributed by atoms with van der Waals surface area (Å²) in [6.07, 6.45) is 3.31. The predicted octanol–water partition coefficient (Wildman–Crippen LogP) is 4.54. The highest BCUT2D eigenvalue weighted by Gasteiger charge is 2.31. The SMILES string of the molecule is CC1(O)CC=C(Cc2cc(C3CC(O)CC(CO)O3)c3ccccc3c2Cl)C=C1F. The minimum Gasteiger partial charge on any atom is -0.394 e. The molecule has 1 heterocycles. The van der Waals surface area contributed by atoms with E-state index in [-0.39, 0.29) is 19.1 Å². The van der Waals surface area contributed by atoms with Crippen molar-refractivity contribution in [1.29, 1.82) is 0 Å². The minimum atomic E-state index is -1.47. The van der Waals surface area contributed by atoms with Gasteiger partial charge in [0.1, 0.15) is 11.4 Å². The van der Waals surface area contributed by atoms with Crippen LogP contribution in [0, 0.1) is 0 Å². The van der Waals surface area contributed by atoms with E-state index in [4.69, 9.17) is 16.3 Å². The van der Waals surface area contributed by atoms with E-state index in [2.05, 4.69) is 0 Å². The van der Waals surface area contributed by atoms with E-state index in [1.165, 1.54) is 13.0 Å². The van der Waals surface area contributed by atoms with Crippen LogP contribution in [-0.4, -0.2) is 39.7 Å². The number of aliphatic hydroxyl groups is 3. The zero-order valence-corrected chi connectivity index (χ0v) is 17.6. The van der Waals surface area contributed by atoms with Gasteiger partial charge in [0.2, 0.25) is 0 Å². The number of hydrogen-bond acceptors (Lipinski definition) is 4. The van der Waals surface area contributed by atoms with Crippen molar-refractivity contribution in [2.75, 3.05) is 6.61 Å². The van der Waals surface area contributed by atoms with Crippen molar-refractivity contribution in [1.82, 2.24) is 0 Å². The van der Waals surface area contributed by atoms with Crippen LogP contribution in [0.5, 0.6) is 0 Å². The third-order valence-electron chi connectivity index (χ3n) is 6.00. The summed E-state index contributed by atoms with van der Waals surface area (Å²) in [5, 5.41) is 32.2. The van der Waals surface area contributed by atoms with Crippen LogP contribution in [-0.2, 0) is 11.2 Å². The Morgan fingerprint density at radius 1 is 1.23 bits per heavy atom. The van der Waals surface area contributed by atoms with Crippen LogP contribution in [0.15, 0.2) is 53.9 Å². The van der Waals surface area contributed by atoms with E-state index >= 15 is 0 Å². The smallest absolute Gasteiger partial charge is 0.132 e. The molecule has 4 unspecified atom stereocenters. The fourth-order valence-corrected chi connectivity index (χ4v) is 4.56. The lowest BCUT2D eigenvalue weighted by molar-refractivity contribution is -0.113. The topological polar surface area (TPSA) is 69.9 Å². The van der Waals surface area contributed by atoms with E-state index in [0.29, 0.717) is 24.3 Å². The molecule has 160 valence electrons. The molecule has 1 saturated heterocycles. The van der Waals surface area contributed by atoms with Crippen molar-refractivity contribution >= 4 is 22.4 Å². The molecule has 0 spiro atoms. The first-order chi connectivity index (χ1) is 14.3. The second kappa shape index (κ2) is 8.40. The third-order valence-corrected chi connectivity index (χ3v) is 6.44. The highest BCUT2D eigenvalue weighted by molar-refractivity contribution is 6.36. The summed E-state index contributed by atoms with van der Waals surface area (Å²) >= 11 is 6.73. The van der Waals surface area contributed by atoms with Gasteiger partial charge in [0, 0.05) is 24.6 Å². The van der Waals surface area contributed by atoms with Gasteiger partial charge in [-0.3, -0.25) is 0 Å². The molecule has 1 aliphatic carbocycles. The average molecular weight is 433 g/mol. The molecular formula is C24H26ClFO4. The van der Waals surface area contributed by atoms with Crippen LogP contribution in [0.3, 0.4) is 0 Å². The third kappa shape index (κ3) is 4.18. The van der Waals surface area contributed by atoms with Gasteiger partial charge < -0.3 is 20.1 Å². The van der Waals surface area contributed by atoms with Crippen LogP contribution in [0.4, 0.5) is 4.39 Å². The Hall–Kier alpha value is -1.76. The summed E-state index contributed by atoms with van der Waals surface area (Å²) in [6.45, 7) is 1.30. The molecule has 0 aromatic heterocycles. The highest BCUT2D eigenvalue weighted by Crippen LogP contribution is 2.40. The lowest BCUT2D eigenvalue weighted by atomic mass is 9.87. The summed E-state index contributed by atoms with van der Waals surface area (Å²) in [4.78, 5) is 0. The maximum atomic E-state index is 14.2. The molecule has 0 radical (unpaired) electrons. The normalized spacial score (nSPS) is 29.6. The van der Waals surface area contributed by atoms with Crippen LogP contribution < -0.4 is 0 Å². The Morgan fingerprint density at radius 2 is 1.97 bits per heavy atom. The molecule has 2 aromatic rings. The Kier molecular flexibility index (Phi) is 6.02. The van der Waals surface area contributed by atoms with Gasteiger partial charge in [-0.1, -0.05) is 48.0 Å². The van der Waals surface area contributed by atoms with Gasteiger partial charge in [-0.05, 0) is 41.5 Å². The number of hydrogen-bond donors (Lipinski definition) is 3. The second-order valence-corrected chi connectivity index (χ2v) is 8.84. The Morgan fingerprint density at radius 3 is 2.67 bits per heavy atom. The van der Waals surface area contributed by atoms with Crippen molar-refractivity contribution in [2.24, 2.45) is 0 Å². The quantitative estimate of drug-likeness (QED) is 0.663. The number of ether oxygens (including phenoxy) is 1. The summed E-state index contributed by atoms with van der Waals surface area (Å²) < 4.78 is 20.3. The van der Waals surface area contributed by atoms with Crippen molar-refractivity contribution in [3.05, 3.63) is 70.0 Å². The molecule has 4 atom stereocenters. The molecule has 2 aromatic carbocycles. The lowest BCUT2D eigenvalue weighted by Gasteiger charge is -2.33. The molecule has 0 saturated carbocycles. The highest BCUT2D eigenvalue weighted by atomic mass is 35.5. The van der Waals surface area contributed by atoms with Gasteiger partial charge in [0.25, 0.3) is 0 Å². The molecule has 4 nitrogen and oxygen atoms in total. The largest absolute Gasteiger partial charge is 0.394 e. The summed E-state index contributed by atoms with van der Waals surface area (Å²) in [5.74, 6) is -0.554. The van der Waals surface area contributed by atoms with Crippen molar-refractivity contribution in [3.63, 3.8) is 0 Å². The summed E-state index contributed by atoms with van der Waals surface area (Å²) in [7, 11) is 0. The van der Waals surface area contributed by atoms with E-state index in [1.54, 1.807) is 0 Å². The number of fused-ring (bicyclic) bond motifs is 1. The fraction of sp³-hybridized carbons (Fsp3) is 0.417. The Balaban J connectivity index is 1.75. The van der Waals surface area contributed by atoms with Gasteiger partial charge in [-0.2, -0.15) is 0 Å². The van der Waals surface area contributed by atoms with Gasteiger partial charge >= 0.3 is 0 Å². The maximum absolute atomic E-state index is 14.2. The first kappa shape index (κ1) is 21.5. The average Bonchev–Trinajstić information content (AvgIpc) is 2.72. The molecule has 3 N–H and O–H groups in total. The molecular weight excluding hydrogens is 407 g/mol. The standard InChI is InChI=1S/C24H26ClFO4/c1-24(29)7-6-14(9-22(24)26)8-15-10-20(18-4-2-3-5-19(18)23(15)25)21-12-16(28)11-17(13-27)30-21/h2-6,9-10,16-17,21,27-29H,7-8,11-13H2,1H3. The van der Waals surface area contributed by atoms with Crippen molar-refractivity contribution in [2.45, 2.75) is 56.5 Å². The first-order valence-corrected chi connectivity index (χ1v) is 10.6. The van der Waals surface area contributed by atoms with Crippen LogP contribution >= 0.6 is 11.6 Å². The number of rotatable bonds is 4. The van der Waals surface area contributed by atoms with Gasteiger partial charge in [-0.15, -0.1) is 0 Å². The van der Waals surface area contributed by atoms with E-state index in [9.17, 15) is 19.7 Å². The van der Waals surface area contributed by atoms with Crippen molar-refractivity contribution in [3.8, 4) is 0 Å². The maximum Gasteiger partial charge on any atom is 0.132 e. The van der Waals surface area contributed by atoms with Crippen LogP contribution in [0.2, 0.25) is 5.02 Å². The first-order valence-electron chi connectivity index (χ1n) is 10.2. The second-order valence-electron chi connectivity index (χ2n) is 8.47. The number of allylic oxidation sites excluding steroid dienone is 2. The molecule has 0 bridgehead atoms. The molecule has 1 fully saturated rings.